The first-order valence-corrected chi connectivity index (χ1v) is 9.98. The minimum absolute atomic E-state index is 0.0949. The van der Waals surface area contributed by atoms with E-state index in [1.54, 1.807) is 30.4 Å². The van der Waals surface area contributed by atoms with Crippen molar-refractivity contribution < 1.29 is 33.8 Å². The molecule has 10 nitrogen and oxygen atoms in total. The van der Waals surface area contributed by atoms with E-state index >= 15 is 0 Å². The summed E-state index contributed by atoms with van der Waals surface area (Å²) in [5.74, 6) is 0.655. The molecular weight excluding hydrogens is 348 g/mol. The lowest BCUT2D eigenvalue weighted by Gasteiger charge is -2.30. The molecule has 0 aromatic carbocycles. The standard InChI is InChI=1S/C11H21N3O7P2/c1-14(8-2-4-10-12-6-3-7-13-10)9-5-11(15,22(16,17)18)23(19,20)21/h3,6-7,15H,2,4-5,8-9H2,1H3,(H2,16,17,18)(H2,19,20,21). The van der Waals surface area contributed by atoms with E-state index in [4.69, 9.17) is 19.6 Å². The average molecular weight is 369 g/mol. The van der Waals surface area contributed by atoms with Crippen molar-refractivity contribution in [3.8, 4) is 0 Å². The molecule has 23 heavy (non-hydrogen) atoms. The quantitative estimate of drug-likeness (QED) is 0.366. The van der Waals surface area contributed by atoms with Gasteiger partial charge in [-0.05, 0) is 26.1 Å². The molecule has 0 unspecified atom stereocenters. The van der Waals surface area contributed by atoms with Gasteiger partial charge in [0.25, 0.3) is 5.08 Å². The van der Waals surface area contributed by atoms with Gasteiger partial charge in [-0.15, -0.1) is 0 Å². The van der Waals surface area contributed by atoms with Crippen LogP contribution in [0.15, 0.2) is 18.5 Å². The van der Waals surface area contributed by atoms with Gasteiger partial charge >= 0.3 is 15.2 Å². The van der Waals surface area contributed by atoms with Gasteiger partial charge in [-0.1, -0.05) is 0 Å². The Bertz CT molecular complexity index is 567. The molecule has 5 N–H and O–H groups in total. The highest BCUT2D eigenvalue weighted by Crippen LogP contribution is 2.68. The first kappa shape index (κ1) is 20.3. The third kappa shape index (κ3) is 5.70. The Labute approximate surface area is 133 Å². The fourth-order valence-electron chi connectivity index (χ4n) is 1.88. The molecule has 0 radical (unpaired) electrons. The van der Waals surface area contributed by atoms with Crippen LogP contribution in [0.3, 0.4) is 0 Å². The molecule has 0 fully saturated rings. The van der Waals surface area contributed by atoms with Gasteiger partial charge in [-0.25, -0.2) is 9.97 Å². The number of aryl methyl sites for hydroxylation is 1. The normalized spacial score (nSPS) is 13.5. The van der Waals surface area contributed by atoms with Crippen LogP contribution >= 0.6 is 15.2 Å². The third-order valence-electron chi connectivity index (χ3n) is 3.32. The highest BCUT2D eigenvalue weighted by molar-refractivity contribution is 7.72. The van der Waals surface area contributed by atoms with Crippen LogP contribution in [0.25, 0.3) is 0 Å². The molecule has 1 rings (SSSR count). The fraction of sp³-hybridized carbons (Fsp3) is 0.636. The number of hydrogen-bond donors (Lipinski definition) is 5. The Morgan fingerprint density at radius 1 is 1.09 bits per heavy atom. The summed E-state index contributed by atoms with van der Waals surface area (Å²) >= 11 is 0. The summed E-state index contributed by atoms with van der Waals surface area (Å²) < 4.78 is 22.5. The minimum Gasteiger partial charge on any atom is -0.367 e. The molecule has 0 spiro atoms. The van der Waals surface area contributed by atoms with Crippen molar-refractivity contribution in [3.63, 3.8) is 0 Å². The third-order valence-corrected chi connectivity index (χ3v) is 7.20. The summed E-state index contributed by atoms with van der Waals surface area (Å²) in [7, 11) is -9.17. The minimum atomic E-state index is -5.39. The molecule has 132 valence electrons. The van der Waals surface area contributed by atoms with Crippen molar-refractivity contribution in [2.45, 2.75) is 24.3 Å². The molecule has 0 aliphatic rings. The lowest BCUT2D eigenvalue weighted by Crippen LogP contribution is -2.34. The molecule has 1 heterocycles. The SMILES string of the molecule is CN(CCCc1ncccn1)CCC(O)(P(=O)(O)O)P(=O)(O)O. The van der Waals surface area contributed by atoms with E-state index in [-0.39, 0.29) is 6.54 Å². The van der Waals surface area contributed by atoms with E-state index < -0.39 is 26.7 Å². The van der Waals surface area contributed by atoms with Crippen LogP contribution in [-0.4, -0.2) is 64.8 Å². The van der Waals surface area contributed by atoms with Gasteiger partial charge in [0.15, 0.2) is 0 Å². The summed E-state index contributed by atoms with van der Waals surface area (Å²) in [6, 6.07) is 1.70. The molecule has 12 heteroatoms. The van der Waals surface area contributed by atoms with E-state index in [2.05, 4.69) is 9.97 Å². The lowest BCUT2D eigenvalue weighted by atomic mass is 10.2. The molecule has 1 aromatic rings. The van der Waals surface area contributed by atoms with E-state index in [1.165, 1.54) is 0 Å². The largest absolute Gasteiger partial charge is 0.369 e. The van der Waals surface area contributed by atoms with Crippen molar-refractivity contribution in [2.24, 2.45) is 0 Å². The van der Waals surface area contributed by atoms with Crippen LogP contribution in [0.4, 0.5) is 0 Å². The highest BCUT2D eigenvalue weighted by atomic mass is 31.2. The zero-order chi connectivity index (χ0) is 17.7. The van der Waals surface area contributed by atoms with Gasteiger partial charge in [-0.2, -0.15) is 0 Å². The summed E-state index contributed by atoms with van der Waals surface area (Å²) in [6.07, 6.45) is 3.72. The lowest BCUT2D eigenvalue weighted by molar-refractivity contribution is 0.112. The summed E-state index contributed by atoms with van der Waals surface area (Å²) in [5, 5.41) is 6.40. The Balaban J connectivity index is 2.52. The van der Waals surface area contributed by atoms with Gasteiger partial charge in [0, 0.05) is 31.8 Å². The maximum Gasteiger partial charge on any atom is 0.369 e. The van der Waals surface area contributed by atoms with Gasteiger partial charge in [0.05, 0.1) is 0 Å². The predicted molar refractivity (Wildman–Crippen MR) is 81.5 cm³/mol. The second-order valence-corrected chi connectivity index (χ2v) is 9.19. The molecule has 0 aliphatic heterocycles. The van der Waals surface area contributed by atoms with E-state index in [9.17, 15) is 14.2 Å². The molecule has 0 aliphatic carbocycles. The first-order valence-electron chi connectivity index (χ1n) is 6.75. The van der Waals surface area contributed by atoms with Crippen molar-refractivity contribution >= 4 is 15.2 Å². The van der Waals surface area contributed by atoms with Crippen LogP contribution in [0.2, 0.25) is 0 Å². The van der Waals surface area contributed by atoms with Crippen LogP contribution in [0.1, 0.15) is 18.7 Å². The van der Waals surface area contributed by atoms with Crippen LogP contribution in [0.5, 0.6) is 0 Å². The van der Waals surface area contributed by atoms with Gasteiger partial charge in [0.2, 0.25) is 0 Å². The van der Waals surface area contributed by atoms with E-state index in [1.807, 2.05) is 0 Å². The Morgan fingerprint density at radius 3 is 2.09 bits per heavy atom. The topological polar surface area (TPSA) is 164 Å². The van der Waals surface area contributed by atoms with Crippen LogP contribution in [0, 0.1) is 0 Å². The highest BCUT2D eigenvalue weighted by Gasteiger charge is 2.58. The zero-order valence-electron chi connectivity index (χ0n) is 12.6. The van der Waals surface area contributed by atoms with Gasteiger partial charge in [-0.3, -0.25) is 9.13 Å². The maximum absolute atomic E-state index is 11.2. The molecule has 1 aromatic heterocycles. The second-order valence-electron chi connectivity index (χ2n) is 5.18. The van der Waals surface area contributed by atoms with Crippen LogP contribution in [-0.2, 0) is 15.6 Å². The van der Waals surface area contributed by atoms with Crippen molar-refractivity contribution in [2.75, 3.05) is 20.1 Å². The number of aromatic nitrogens is 2. The summed E-state index contributed by atoms with van der Waals surface area (Å²) in [6.45, 7) is 0.388. The predicted octanol–water partition coefficient (Wildman–Crippen LogP) is -0.267. The van der Waals surface area contributed by atoms with Crippen molar-refractivity contribution in [3.05, 3.63) is 24.3 Å². The summed E-state index contributed by atoms with van der Waals surface area (Å²) in [5.41, 5.74) is 0. The first-order chi connectivity index (χ1) is 10.5. The second kappa shape index (κ2) is 7.92. The number of rotatable bonds is 9. The average Bonchev–Trinajstić information content (AvgIpc) is 2.43. The maximum atomic E-state index is 11.2. The molecular formula is C11H21N3O7P2. The van der Waals surface area contributed by atoms with Gasteiger partial charge < -0.3 is 29.6 Å². The molecule has 0 bridgehead atoms. The monoisotopic (exact) mass is 369 g/mol. The molecule has 0 saturated heterocycles. The van der Waals surface area contributed by atoms with E-state index in [0.29, 0.717) is 25.2 Å². The summed E-state index contributed by atoms with van der Waals surface area (Å²) in [4.78, 5) is 45.9. The Kier molecular flexibility index (Phi) is 7.00. The van der Waals surface area contributed by atoms with E-state index in [0.717, 1.165) is 0 Å². The van der Waals surface area contributed by atoms with Gasteiger partial charge in [0.1, 0.15) is 5.82 Å². The smallest absolute Gasteiger partial charge is 0.367 e. The molecule has 0 saturated carbocycles. The number of aliphatic hydroxyl groups is 1. The number of hydrogen-bond acceptors (Lipinski definition) is 6. The molecule has 0 atom stereocenters. The Hall–Kier alpha value is -0.700. The number of nitrogens with zero attached hydrogens (tertiary/aromatic N) is 3. The Morgan fingerprint density at radius 2 is 1.61 bits per heavy atom. The zero-order valence-corrected chi connectivity index (χ0v) is 14.3. The van der Waals surface area contributed by atoms with Crippen molar-refractivity contribution in [1.29, 1.82) is 0 Å². The van der Waals surface area contributed by atoms with Crippen LogP contribution < -0.4 is 0 Å². The fourth-order valence-corrected chi connectivity index (χ4v) is 4.02. The van der Waals surface area contributed by atoms with Crippen molar-refractivity contribution in [1.82, 2.24) is 14.9 Å². The molecule has 0 amide bonds.